The molecule has 48 valence electrons. The van der Waals surface area contributed by atoms with Gasteiger partial charge in [0.05, 0.1) is 6.61 Å². The van der Waals surface area contributed by atoms with E-state index in [0.29, 0.717) is 0 Å². The minimum Gasteiger partial charge on any atom is -0.333 e. The SMILES string of the molecule is CSP1(=S)OCCS1. The Hall–Kier alpha value is 1.31. The zero-order valence-corrected chi connectivity index (χ0v) is 7.84. The predicted molar refractivity (Wildman–Crippen MR) is 46.2 cm³/mol. The summed E-state index contributed by atoms with van der Waals surface area (Å²) in [6, 6.07) is 0. The molecule has 0 aliphatic carbocycles. The van der Waals surface area contributed by atoms with Crippen LogP contribution >= 0.6 is 27.4 Å². The van der Waals surface area contributed by atoms with Crippen molar-refractivity contribution in [1.82, 2.24) is 0 Å². The molecule has 0 aromatic carbocycles. The van der Waals surface area contributed by atoms with Crippen LogP contribution < -0.4 is 0 Å². The molecule has 1 heterocycles. The van der Waals surface area contributed by atoms with E-state index in [4.69, 9.17) is 16.3 Å². The van der Waals surface area contributed by atoms with Crippen LogP contribution in [0.1, 0.15) is 0 Å². The first-order valence-electron chi connectivity index (χ1n) is 2.22. The van der Waals surface area contributed by atoms with E-state index in [1.165, 1.54) is 0 Å². The van der Waals surface area contributed by atoms with E-state index in [9.17, 15) is 0 Å². The van der Waals surface area contributed by atoms with Crippen LogP contribution in [0.3, 0.4) is 0 Å². The van der Waals surface area contributed by atoms with Gasteiger partial charge < -0.3 is 4.52 Å². The summed E-state index contributed by atoms with van der Waals surface area (Å²) < 4.78 is 3.96. The lowest BCUT2D eigenvalue weighted by molar-refractivity contribution is 0.406. The molecule has 1 rings (SSSR count). The van der Waals surface area contributed by atoms with Crippen molar-refractivity contribution in [3.05, 3.63) is 0 Å². The van der Waals surface area contributed by atoms with Crippen LogP contribution in [0.2, 0.25) is 0 Å². The lowest BCUT2D eigenvalue weighted by atomic mass is 10.9. The highest BCUT2D eigenvalue weighted by atomic mass is 33.2. The molecule has 1 fully saturated rings. The fourth-order valence-electron chi connectivity index (χ4n) is 0.441. The molecule has 0 N–H and O–H groups in total. The molecule has 1 unspecified atom stereocenters. The van der Waals surface area contributed by atoms with Crippen LogP contribution in [0.15, 0.2) is 0 Å². The largest absolute Gasteiger partial charge is 0.333 e. The van der Waals surface area contributed by atoms with Gasteiger partial charge in [0.2, 0.25) is 0 Å². The molecule has 0 bridgehead atoms. The standard InChI is InChI=1S/C3H7OPS3/c1-7-5(6)4-2-3-8-5/h2-3H2,1H3. The minimum absolute atomic E-state index is 0.864. The van der Waals surface area contributed by atoms with Crippen LogP contribution in [-0.2, 0) is 16.3 Å². The molecule has 1 aliphatic rings. The van der Waals surface area contributed by atoms with Gasteiger partial charge in [-0.3, -0.25) is 0 Å². The van der Waals surface area contributed by atoms with Crippen molar-refractivity contribution < 1.29 is 4.52 Å². The lowest BCUT2D eigenvalue weighted by Gasteiger charge is -2.06. The van der Waals surface area contributed by atoms with Gasteiger partial charge in [-0.1, -0.05) is 22.8 Å². The maximum Gasteiger partial charge on any atom is 0.174 e. The number of rotatable bonds is 1. The summed E-state index contributed by atoms with van der Waals surface area (Å²) in [6.45, 7) is 0.864. The van der Waals surface area contributed by atoms with Crippen LogP contribution in [0, 0.1) is 0 Å². The third-order valence-corrected chi connectivity index (χ3v) is 10.8. The van der Waals surface area contributed by atoms with E-state index < -0.39 is 4.67 Å². The van der Waals surface area contributed by atoms with E-state index in [1.54, 1.807) is 11.4 Å². The molecule has 8 heavy (non-hydrogen) atoms. The summed E-state index contributed by atoms with van der Waals surface area (Å²) in [6.07, 6.45) is 2.03. The molecule has 5 heteroatoms. The van der Waals surface area contributed by atoms with Gasteiger partial charge in [0.1, 0.15) is 0 Å². The van der Waals surface area contributed by atoms with Gasteiger partial charge in [-0.15, -0.1) is 0 Å². The Balaban J connectivity index is 2.53. The van der Waals surface area contributed by atoms with Crippen molar-refractivity contribution in [2.45, 2.75) is 0 Å². The third-order valence-electron chi connectivity index (χ3n) is 0.806. The van der Waals surface area contributed by atoms with Crippen LogP contribution in [0.5, 0.6) is 0 Å². The molecule has 1 aliphatic heterocycles. The smallest absolute Gasteiger partial charge is 0.174 e. The van der Waals surface area contributed by atoms with Gasteiger partial charge in [0.15, 0.2) is 4.67 Å². The van der Waals surface area contributed by atoms with Crippen molar-refractivity contribution >= 4 is 39.2 Å². The molecule has 0 amide bonds. The topological polar surface area (TPSA) is 9.23 Å². The summed E-state index contributed by atoms with van der Waals surface area (Å²) in [5.74, 6) is 1.10. The van der Waals surface area contributed by atoms with Crippen molar-refractivity contribution in [1.29, 1.82) is 0 Å². The van der Waals surface area contributed by atoms with E-state index in [1.807, 2.05) is 17.6 Å². The van der Waals surface area contributed by atoms with E-state index in [0.717, 1.165) is 12.4 Å². The van der Waals surface area contributed by atoms with E-state index in [-0.39, 0.29) is 0 Å². The highest BCUT2D eigenvalue weighted by Crippen LogP contribution is 2.72. The summed E-state index contributed by atoms with van der Waals surface area (Å²) >= 11 is 8.70. The second-order valence-corrected chi connectivity index (χ2v) is 12.1. The monoisotopic (exact) mass is 186 g/mol. The summed E-state index contributed by atoms with van der Waals surface area (Å²) in [5, 5.41) is 0. The molecular weight excluding hydrogens is 179 g/mol. The molecule has 0 saturated carbocycles. The van der Waals surface area contributed by atoms with Crippen molar-refractivity contribution in [2.24, 2.45) is 0 Å². The molecule has 1 saturated heterocycles. The fraction of sp³-hybridized carbons (Fsp3) is 1.00. The zero-order chi connectivity index (χ0) is 6.04. The van der Waals surface area contributed by atoms with E-state index in [2.05, 4.69) is 0 Å². The fourth-order valence-corrected chi connectivity index (χ4v) is 6.26. The van der Waals surface area contributed by atoms with Gasteiger partial charge in [0.25, 0.3) is 0 Å². The highest BCUT2D eigenvalue weighted by Gasteiger charge is 2.22. The Morgan fingerprint density at radius 3 is 2.88 bits per heavy atom. The van der Waals surface area contributed by atoms with Crippen molar-refractivity contribution in [2.75, 3.05) is 18.6 Å². The Morgan fingerprint density at radius 1 is 1.88 bits per heavy atom. The Bertz CT molecular complexity index is 116. The summed E-state index contributed by atoms with van der Waals surface area (Å²) in [4.78, 5) is 0. The number of hydrogen-bond acceptors (Lipinski definition) is 4. The Kier molecular flexibility index (Phi) is 2.72. The van der Waals surface area contributed by atoms with Gasteiger partial charge in [0, 0.05) is 5.75 Å². The molecule has 0 aromatic rings. The normalized spacial score (nSPS) is 38.1. The first kappa shape index (κ1) is 7.42. The van der Waals surface area contributed by atoms with E-state index >= 15 is 0 Å². The molecule has 1 nitrogen and oxygen atoms in total. The van der Waals surface area contributed by atoms with Gasteiger partial charge in [-0.05, 0) is 18.1 Å². The number of hydrogen-bond donors (Lipinski definition) is 0. The second-order valence-electron chi connectivity index (χ2n) is 1.30. The average molecular weight is 186 g/mol. The van der Waals surface area contributed by atoms with Crippen LogP contribution in [0.4, 0.5) is 0 Å². The molecule has 0 spiro atoms. The third kappa shape index (κ3) is 1.64. The molecule has 0 aromatic heterocycles. The van der Waals surface area contributed by atoms with Gasteiger partial charge >= 0.3 is 0 Å². The average Bonchev–Trinajstić information content (AvgIpc) is 2.17. The summed E-state index contributed by atoms with van der Waals surface area (Å²) in [7, 11) is 0. The highest BCUT2D eigenvalue weighted by molar-refractivity contribution is 8.99. The molecular formula is C3H7OPS3. The Morgan fingerprint density at radius 2 is 2.62 bits per heavy atom. The Labute approximate surface area is 62.5 Å². The van der Waals surface area contributed by atoms with Gasteiger partial charge in [-0.2, -0.15) is 0 Å². The van der Waals surface area contributed by atoms with Crippen molar-refractivity contribution in [3.8, 4) is 0 Å². The first-order valence-corrected chi connectivity index (χ1v) is 8.36. The second kappa shape index (κ2) is 2.93. The summed E-state index contributed by atoms with van der Waals surface area (Å²) in [5.41, 5.74) is 0. The molecule has 0 radical (unpaired) electrons. The first-order chi connectivity index (χ1) is 3.77. The van der Waals surface area contributed by atoms with Crippen LogP contribution in [-0.4, -0.2) is 18.6 Å². The molecule has 1 atom stereocenters. The van der Waals surface area contributed by atoms with Crippen molar-refractivity contribution in [3.63, 3.8) is 0 Å². The minimum atomic E-state index is -1.38. The maximum absolute atomic E-state index is 5.34. The van der Waals surface area contributed by atoms with Crippen LogP contribution in [0.25, 0.3) is 0 Å². The maximum atomic E-state index is 5.34. The zero-order valence-electron chi connectivity index (χ0n) is 4.49. The van der Waals surface area contributed by atoms with Gasteiger partial charge in [-0.25, -0.2) is 0 Å². The quantitative estimate of drug-likeness (QED) is 0.581. The lowest BCUT2D eigenvalue weighted by Crippen LogP contribution is -1.76. The predicted octanol–water partition coefficient (Wildman–Crippen LogP) is 2.34.